The molecule has 1 saturated carbocycles. The van der Waals surface area contributed by atoms with Gasteiger partial charge in [0, 0.05) is 18.9 Å². The van der Waals surface area contributed by atoms with Crippen molar-refractivity contribution in [2.24, 2.45) is 5.92 Å². The lowest BCUT2D eigenvalue weighted by atomic mass is 9.50. The van der Waals surface area contributed by atoms with Crippen LogP contribution in [0, 0.1) is 5.92 Å². The summed E-state index contributed by atoms with van der Waals surface area (Å²) in [5.41, 5.74) is -0.00755. The van der Waals surface area contributed by atoms with E-state index in [1.165, 1.54) is 5.56 Å². The van der Waals surface area contributed by atoms with Gasteiger partial charge in [0.15, 0.2) is 0 Å². The van der Waals surface area contributed by atoms with Gasteiger partial charge in [0.05, 0.1) is 5.60 Å². The molecule has 0 aromatic heterocycles. The van der Waals surface area contributed by atoms with E-state index in [2.05, 4.69) is 24.3 Å². The molecule has 1 fully saturated rings. The summed E-state index contributed by atoms with van der Waals surface area (Å²) in [5, 5.41) is 10.8. The maximum absolute atomic E-state index is 10.8. The Morgan fingerprint density at radius 1 is 1.29 bits per heavy atom. The predicted molar refractivity (Wildman–Crippen MR) is 66.8 cm³/mol. The normalized spacial score (nSPS) is 43.2. The molecule has 90 valence electrons. The van der Waals surface area contributed by atoms with E-state index in [0.717, 1.165) is 6.42 Å². The summed E-state index contributed by atoms with van der Waals surface area (Å²) < 4.78 is 5.65. The van der Waals surface area contributed by atoms with Gasteiger partial charge in [-0.3, -0.25) is 0 Å². The molecule has 0 radical (unpaired) electrons. The van der Waals surface area contributed by atoms with Gasteiger partial charge >= 0.3 is 0 Å². The van der Waals surface area contributed by atoms with Gasteiger partial charge in [-0.2, -0.15) is 0 Å². The zero-order chi connectivity index (χ0) is 12.1. The quantitative estimate of drug-likeness (QED) is 0.791. The topological polar surface area (TPSA) is 29.5 Å². The second kappa shape index (κ2) is 3.44. The zero-order valence-corrected chi connectivity index (χ0v) is 10.3. The van der Waals surface area contributed by atoms with Crippen LogP contribution < -0.4 is 0 Å². The van der Waals surface area contributed by atoms with Crippen LogP contribution in [0.4, 0.5) is 0 Å². The number of benzene rings is 1. The van der Waals surface area contributed by atoms with E-state index >= 15 is 0 Å². The van der Waals surface area contributed by atoms with Crippen molar-refractivity contribution < 1.29 is 9.84 Å². The smallest absolute Gasteiger partial charge is 0.107 e. The van der Waals surface area contributed by atoms with Gasteiger partial charge in [-0.05, 0) is 18.9 Å². The zero-order valence-electron chi connectivity index (χ0n) is 10.3. The number of hydrogen-bond donors (Lipinski definition) is 1. The lowest BCUT2D eigenvalue weighted by Gasteiger charge is -2.62. The highest BCUT2D eigenvalue weighted by Gasteiger charge is 2.70. The minimum absolute atomic E-state index is 0.141. The maximum Gasteiger partial charge on any atom is 0.107 e. The van der Waals surface area contributed by atoms with Crippen molar-refractivity contribution in [2.75, 3.05) is 7.11 Å². The molecule has 4 unspecified atom stereocenters. The van der Waals surface area contributed by atoms with Crippen molar-refractivity contribution in [3.05, 3.63) is 48.0 Å². The molecule has 2 nitrogen and oxygen atoms in total. The molecule has 0 spiro atoms. The van der Waals surface area contributed by atoms with Crippen molar-refractivity contribution in [3.63, 3.8) is 0 Å². The molecule has 0 heterocycles. The maximum atomic E-state index is 10.8. The minimum Gasteiger partial charge on any atom is -0.386 e. The number of ether oxygens (including phenoxy) is 1. The molecule has 0 saturated heterocycles. The molecule has 1 N–H and O–H groups in total. The third kappa shape index (κ3) is 1.17. The second-order valence-electron chi connectivity index (χ2n) is 5.29. The first kappa shape index (κ1) is 11.0. The number of hydrogen-bond acceptors (Lipinski definition) is 2. The standard InChI is InChI=1S/C15H18O2/c1-14(16)13(11-7-4-3-5-8-11)12-9-6-10-15(12,14)17-2/h3-9,12-13,16H,10H2,1-2H3. The highest BCUT2D eigenvalue weighted by atomic mass is 16.5. The highest BCUT2D eigenvalue weighted by molar-refractivity contribution is 5.40. The SMILES string of the molecule is COC12CC=CC1C(c1ccccc1)C2(C)O. The average Bonchev–Trinajstić information content (AvgIpc) is 2.72. The van der Waals surface area contributed by atoms with E-state index in [0.29, 0.717) is 5.92 Å². The molecule has 0 aliphatic heterocycles. The number of aliphatic hydroxyl groups is 1. The summed E-state index contributed by atoms with van der Waals surface area (Å²) in [5.74, 6) is 0.437. The summed E-state index contributed by atoms with van der Waals surface area (Å²) in [6.07, 6.45) is 5.13. The van der Waals surface area contributed by atoms with Crippen LogP contribution >= 0.6 is 0 Å². The monoisotopic (exact) mass is 230 g/mol. The number of rotatable bonds is 2. The Morgan fingerprint density at radius 3 is 2.65 bits per heavy atom. The van der Waals surface area contributed by atoms with Gasteiger partial charge in [0.25, 0.3) is 0 Å². The van der Waals surface area contributed by atoms with Crippen LogP contribution in [-0.2, 0) is 4.74 Å². The van der Waals surface area contributed by atoms with Crippen LogP contribution in [0.1, 0.15) is 24.8 Å². The lowest BCUT2D eigenvalue weighted by molar-refractivity contribution is -0.262. The third-order valence-electron chi connectivity index (χ3n) is 4.65. The molecule has 2 heteroatoms. The molecule has 1 aromatic carbocycles. The molecule has 0 bridgehead atoms. The summed E-state index contributed by atoms with van der Waals surface area (Å²) >= 11 is 0. The lowest BCUT2D eigenvalue weighted by Crippen LogP contribution is -2.71. The summed E-state index contributed by atoms with van der Waals surface area (Å²) in [7, 11) is 1.70. The van der Waals surface area contributed by atoms with Crippen molar-refractivity contribution >= 4 is 0 Å². The Kier molecular flexibility index (Phi) is 2.22. The fourth-order valence-electron chi connectivity index (χ4n) is 3.74. The fraction of sp³-hybridized carbons (Fsp3) is 0.467. The molecule has 4 atom stereocenters. The molecule has 3 rings (SSSR count). The number of fused-ring (bicyclic) bond motifs is 1. The largest absolute Gasteiger partial charge is 0.386 e. The van der Waals surface area contributed by atoms with Crippen LogP contribution in [0.25, 0.3) is 0 Å². The Morgan fingerprint density at radius 2 is 2.00 bits per heavy atom. The second-order valence-corrected chi connectivity index (χ2v) is 5.29. The van der Waals surface area contributed by atoms with Crippen LogP contribution in [0.15, 0.2) is 42.5 Å². The van der Waals surface area contributed by atoms with Crippen molar-refractivity contribution in [1.82, 2.24) is 0 Å². The molecule has 2 aliphatic carbocycles. The first-order valence-corrected chi connectivity index (χ1v) is 6.12. The van der Waals surface area contributed by atoms with Gasteiger partial charge in [-0.1, -0.05) is 42.5 Å². The summed E-state index contributed by atoms with van der Waals surface area (Å²) in [4.78, 5) is 0. The van der Waals surface area contributed by atoms with Gasteiger partial charge < -0.3 is 9.84 Å². The predicted octanol–water partition coefficient (Wildman–Crippen LogP) is 2.50. The summed E-state index contributed by atoms with van der Waals surface area (Å²) in [6.45, 7) is 1.90. The molecule has 2 aliphatic rings. The average molecular weight is 230 g/mol. The van der Waals surface area contributed by atoms with Gasteiger partial charge in [0.1, 0.15) is 5.60 Å². The first-order valence-electron chi connectivity index (χ1n) is 6.12. The van der Waals surface area contributed by atoms with Crippen LogP contribution in [0.3, 0.4) is 0 Å². The minimum atomic E-state index is -0.794. The van der Waals surface area contributed by atoms with Gasteiger partial charge in [0.2, 0.25) is 0 Å². The fourth-order valence-corrected chi connectivity index (χ4v) is 3.74. The van der Waals surface area contributed by atoms with Crippen LogP contribution in [-0.4, -0.2) is 23.4 Å². The van der Waals surface area contributed by atoms with E-state index in [4.69, 9.17) is 4.74 Å². The van der Waals surface area contributed by atoms with Gasteiger partial charge in [-0.25, -0.2) is 0 Å². The summed E-state index contributed by atoms with van der Waals surface area (Å²) in [6, 6.07) is 10.2. The Bertz CT molecular complexity index is 449. The first-order chi connectivity index (χ1) is 8.13. The Labute approximate surface area is 102 Å². The van der Waals surface area contributed by atoms with Gasteiger partial charge in [-0.15, -0.1) is 0 Å². The molecule has 0 amide bonds. The molecular weight excluding hydrogens is 212 g/mol. The van der Waals surface area contributed by atoms with Crippen molar-refractivity contribution in [2.45, 2.75) is 30.5 Å². The van der Waals surface area contributed by atoms with Crippen molar-refractivity contribution in [3.8, 4) is 0 Å². The Balaban J connectivity index is 2.01. The molecular formula is C15H18O2. The highest BCUT2D eigenvalue weighted by Crippen LogP contribution is 2.63. The molecule has 17 heavy (non-hydrogen) atoms. The van der Waals surface area contributed by atoms with E-state index in [1.807, 2.05) is 25.1 Å². The van der Waals surface area contributed by atoms with Crippen LogP contribution in [0.2, 0.25) is 0 Å². The Hall–Kier alpha value is -1.12. The number of methoxy groups -OCH3 is 1. The third-order valence-corrected chi connectivity index (χ3v) is 4.65. The van der Waals surface area contributed by atoms with Crippen molar-refractivity contribution in [1.29, 1.82) is 0 Å². The molecule has 1 aromatic rings. The van der Waals surface area contributed by atoms with E-state index in [9.17, 15) is 5.11 Å². The van der Waals surface area contributed by atoms with Crippen LogP contribution in [0.5, 0.6) is 0 Å². The van der Waals surface area contributed by atoms with E-state index in [-0.39, 0.29) is 5.92 Å². The van der Waals surface area contributed by atoms with E-state index < -0.39 is 11.2 Å². The van der Waals surface area contributed by atoms with E-state index in [1.54, 1.807) is 7.11 Å².